The first-order valence-electron chi connectivity index (χ1n) is 23.0. The SMILES string of the molecule is COc1ccc(C(=O)Oc2ccc(-c3ccc(C(=O)Oc4ccc5ccccc5c4-c4c(OC(=O)c5ccc(-c6ccc(OC(O)c7ccc(OC)cc7)cc6)cc5)ccc5ccccc45)cc3)cc2)cc1. The van der Waals surface area contributed by atoms with E-state index in [1.807, 2.05) is 109 Å². The van der Waals surface area contributed by atoms with Crippen LogP contribution >= 0.6 is 0 Å². The van der Waals surface area contributed by atoms with Gasteiger partial charge < -0.3 is 33.5 Å². The van der Waals surface area contributed by atoms with Crippen LogP contribution in [0.4, 0.5) is 0 Å². The fraction of sp³-hybridized carbons (Fsp3) is 0.0484. The van der Waals surface area contributed by atoms with Crippen LogP contribution in [0.5, 0.6) is 34.5 Å². The van der Waals surface area contributed by atoms with E-state index in [2.05, 4.69) is 0 Å². The van der Waals surface area contributed by atoms with E-state index in [1.165, 1.54) is 0 Å². The van der Waals surface area contributed by atoms with Gasteiger partial charge in [0.1, 0.15) is 34.5 Å². The van der Waals surface area contributed by atoms with Crippen molar-refractivity contribution in [2.24, 2.45) is 0 Å². The van der Waals surface area contributed by atoms with Gasteiger partial charge in [-0.2, -0.15) is 0 Å². The van der Waals surface area contributed by atoms with Gasteiger partial charge in [0.25, 0.3) is 0 Å². The lowest BCUT2D eigenvalue weighted by Gasteiger charge is -2.19. The number of fused-ring (bicyclic) bond motifs is 2. The number of carbonyl (C=O) groups excluding carboxylic acids is 3. The van der Waals surface area contributed by atoms with E-state index < -0.39 is 24.2 Å². The zero-order valence-electron chi connectivity index (χ0n) is 39.0. The Balaban J connectivity index is 0.876. The first-order chi connectivity index (χ1) is 35.2. The quantitative estimate of drug-likeness (QED) is 0.0639. The highest BCUT2D eigenvalue weighted by Crippen LogP contribution is 2.46. The highest BCUT2D eigenvalue weighted by molar-refractivity contribution is 6.11. The average molecular weight is 949 g/mol. The van der Waals surface area contributed by atoms with E-state index in [0.717, 1.165) is 43.8 Å². The van der Waals surface area contributed by atoms with Crippen LogP contribution < -0.4 is 28.4 Å². The summed E-state index contributed by atoms with van der Waals surface area (Å²) < 4.78 is 34.3. The number of methoxy groups -OCH3 is 2. The van der Waals surface area contributed by atoms with Crippen LogP contribution in [0.15, 0.2) is 218 Å². The molecule has 1 N–H and O–H groups in total. The Morgan fingerprint density at radius 3 is 1.14 bits per heavy atom. The standard InChI is InChI=1S/C62H44O10/c1-67-49-29-23-47(24-30-49)59(63)69-51-33-19-41(20-34-51)39-11-15-45(16-12-39)61(65)71-55-37-27-43-7-3-5-9-53(43)57(55)58-54-10-6-4-8-44(54)28-38-56(58)72-62(66)46-17-13-40(14-18-46)42-21-35-52(36-22-42)70-60(64)48-25-31-50(68-2)32-26-48/h3-38,59,63H,1-2H3. The van der Waals surface area contributed by atoms with Gasteiger partial charge in [-0.25, -0.2) is 14.4 Å². The van der Waals surface area contributed by atoms with E-state index in [-0.39, 0.29) is 11.5 Å². The minimum absolute atomic E-state index is 0.284. The molecule has 0 aliphatic heterocycles. The number of aliphatic hydroxyl groups excluding tert-OH is 1. The molecule has 0 amide bonds. The number of benzene rings is 10. The molecule has 0 aliphatic rings. The zero-order chi connectivity index (χ0) is 49.6. The fourth-order valence-corrected chi connectivity index (χ4v) is 8.40. The van der Waals surface area contributed by atoms with Gasteiger partial charge in [-0.05, 0) is 153 Å². The van der Waals surface area contributed by atoms with Crippen LogP contribution in [0.25, 0.3) is 54.9 Å². The van der Waals surface area contributed by atoms with Crippen molar-refractivity contribution < 1.29 is 47.9 Å². The molecule has 0 radical (unpaired) electrons. The van der Waals surface area contributed by atoms with E-state index in [9.17, 15) is 19.5 Å². The van der Waals surface area contributed by atoms with Gasteiger partial charge in [-0.3, -0.25) is 0 Å². The van der Waals surface area contributed by atoms with Gasteiger partial charge in [0.05, 0.1) is 30.9 Å². The second-order valence-electron chi connectivity index (χ2n) is 16.7. The Labute approximate surface area is 414 Å². The van der Waals surface area contributed by atoms with Crippen LogP contribution in [0.2, 0.25) is 0 Å². The third kappa shape index (κ3) is 9.98. The first kappa shape index (κ1) is 46.2. The molecule has 10 rings (SSSR count). The predicted molar refractivity (Wildman–Crippen MR) is 277 cm³/mol. The van der Waals surface area contributed by atoms with Crippen molar-refractivity contribution in [3.8, 4) is 67.9 Å². The average Bonchev–Trinajstić information content (AvgIpc) is 3.43. The van der Waals surface area contributed by atoms with Crippen molar-refractivity contribution >= 4 is 39.5 Å². The fourth-order valence-electron chi connectivity index (χ4n) is 8.40. The van der Waals surface area contributed by atoms with Crippen molar-refractivity contribution in [2.45, 2.75) is 6.29 Å². The summed E-state index contributed by atoms with van der Waals surface area (Å²) in [6.07, 6.45) is -1.16. The molecule has 0 saturated carbocycles. The monoisotopic (exact) mass is 948 g/mol. The summed E-state index contributed by atoms with van der Waals surface area (Å²) in [6, 6.07) is 65.1. The number of esters is 3. The lowest BCUT2D eigenvalue weighted by Crippen LogP contribution is -2.11. The zero-order valence-corrected chi connectivity index (χ0v) is 39.0. The molecule has 1 unspecified atom stereocenters. The normalized spacial score (nSPS) is 11.4. The molecule has 0 heterocycles. The number of carbonyl (C=O) groups is 3. The van der Waals surface area contributed by atoms with Crippen molar-refractivity contribution in [1.29, 1.82) is 0 Å². The molecule has 0 spiro atoms. The maximum atomic E-state index is 14.1. The van der Waals surface area contributed by atoms with Crippen LogP contribution in [0.3, 0.4) is 0 Å². The Hall–Kier alpha value is -9.51. The van der Waals surface area contributed by atoms with E-state index >= 15 is 0 Å². The number of aliphatic hydroxyl groups is 1. The second-order valence-corrected chi connectivity index (χ2v) is 16.7. The topological polar surface area (TPSA) is 127 Å². The van der Waals surface area contributed by atoms with Crippen molar-refractivity contribution in [3.05, 3.63) is 241 Å². The summed E-state index contributed by atoms with van der Waals surface area (Å²) >= 11 is 0. The molecule has 10 heteroatoms. The van der Waals surface area contributed by atoms with Gasteiger partial charge in [-0.15, -0.1) is 0 Å². The molecule has 0 aliphatic carbocycles. The molecular weight excluding hydrogens is 905 g/mol. The van der Waals surface area contributed by atoms with Crippen LogP contribution in [0, 0.1) is 0 Å². The van der Waals surface area contributed by atoms with Crippen molar-refractivity contribution in [2.75, 3.05) is 14.2 Å². The minimum atomic E-state index is -1.16. The third-order valence-corrected chi connectivity index (χ3v) is 12.2. The molecule has 10 nitrogen and oxygen atoms in total. The molecule has 0 aromatic heterocycles. The van der Waals surface area contributed by atoms with Crippen LogP contribution in [0.1, 0.15) is 42.9 Å². The summed E-state index contributed by atoms with van der Waals surface area (Å²) in [5, 5.41) is 14.0. The number of hydrogen-bond acceptors (Lipinski definition) is 10. The van der Waals surface area contributed by atoms with E-state index in [4.69, 9.17) is 28.4 Å². The second kappa shape index (κ2) is 20.6. The maximum Gasteiger partial charge on any atom is 0.343 e. The number of ether oxygens (including phenoxy) is 6. The summed E-state index contributed by atoms with van der Waals surface area (Å²) in [5.41, 5.74) is 6.25. The summed E-state index contributed by atoms with van der Waals surface area (Å²) in [6.45, 7) is 0. The molecular formula is C62H44O10. The summed E-state index contributed by atoms with van der Waals surface area (Å²) in [4.78, 5) is 40.9. The highest BCUT2D eigenvalue weighted by atomic mass is 16.6. The molecule has 10 aromatic rings. The van der Waals surface area contributed by atoms with Crippen LogP contribution in [-0.4, -0.2) is 37.2 Å². The Bertz CT molecular complexity index is 3570. The number of hydrogen-bond donors (Lipinski definition) is 1. The van der Waals surface area contributed by atoms with E-state index in [0.29, 0.717) is 56.4 Å². The lowest BCUT2D eigenvalue weighted by atomic mass is 9.92. The molecule has 352 valence electrons. The van der Waals surface area contributed by atoms with Gasteiger partial charge in [-0.1, -0.05) is 109 Å². The lowest BCUT2D eigenvalue weighted by molar-refractivity contribution is -0.0194. The van der Waals surface area contributed by atoms with Crippen molar-refractivity contribution in [1.82, 2.24) is 0 Å². The predicted octanol–water partition coefficient (Wildman–Crippen LogP) is 13.7. The van der Waals surface area contributed by atoms with Gasteiger partial charge in [0.2, 0.25) is 6.29 Å². The van der Waals surface area contributed by atoms with Gasteiger partial charge >= 0.3 is 17.9 Å². The minimum Gasteiger partial charge on any atom is -0.497 e. The van der Waals surface area contributed by atoms with E-state index in [1.54, 1.807) is 123 Å². The highest BCUT2D eigenvalue weighted by Gasteiger charge is 2.23. The summed E-state index contributed by atoms with van der Waals surface area (Å²) in [5.74, 6) is 1.13. The molecule has 0 bridgehead atoms. The maximum absolute atomic E-state index is 14.1. The van der Waals surface area contributed by atoms with Crippen LogP contribution in [-0.2, 0) is 0 Å². The summed E-state index contributed by atoms with van der Waals surface area (Å²) in [7, 11) is 3.14. The Kier molecular flexibility index (Phi) is 13.2. The Morgan fingerprint density at radius 2 is 0.708 bits per heavy atom. The smallest absolute Gasteiger partial charge is 0.343 e. The third-order valence-electron chi connectivity index (χ3n) is 12.2. The Morgan fingerprint density at radius 1 is 0.361 bits per heavy atom. The molecule has 72 heavy (non-hydrogen) atoms. The van der Waals surface area contributed by atoms with Crippen molar-refractivity contribution in [3.63, 3.8) is 0 Å². The number of rotatable bonds is 14. The first-order valence-corrected chi connectivity index (χ1v) is 23.0. The molecule has 10 aromatic carbocycles. The van der Waals surface area contributed by atoms with Gasteiger partial charge in [0.15, 0.2) is 0 Å². The molecule has 1 atom stereocenters. The largest absolute Gasteiger partial charge is 0.497 e. The molecule has 0 fully saturated rings. The van der Waals surface area contributed by atoms with Gasteiger partial charge in [0, 0.05) is 16.7 Å². The molecule has 0 saturated heterocycles.